The van der Waals surface area contributed by atoms with E-state index in [0.29, 0.717) is 24.4 Å². The second-order valence-electron chi connectivity index (χ2n) is 4.89. The first kappa shape index (κ1) is 14.0. The monoisotopic (exact) mass is 265 g/mol. The molecule has 4 heteroatoms. The molecule has 0 bridgehead atoms. The normalized spacial score (nSPS) is 19.5. The van der Waals surface area contributed by atoms with Gasteiger partial charge in [-0.15, -0.1) is 0 Å². The summed E-state index contributed by atoms with van der Waals surface area (Å²) in [5.41, 5.74) is 0.981. The summed E-state index contributed by atoms with van der Waals surface area (Å²) in [7, 11) is 0. The van der Waals surface area contributed by atoms with Crippen LogP contribution in [0.2, 0.25) is 0 Å². The Morgan fingerprint density at radius 1 is 1.53 bits per heavy atom. The molecule has 19 heavy (non-hydrogen) atoms. The van der Waals surface area contributed by atoms with Crippen molar-refractivity contribution >= 4 is 11.5 Å². The lowest BCUT2D eigenvalue weighted by molar-refractivity contribution is 0.0525. The van der Waals surface area contributed by atoms with E-state index in [4.69, 9.17) is 4.74 Å². The molecule has 2 rings (SSSR count). The number of carbonyl (C=O) groups excluding carboxylic acids is 1. The first-order chi connectivity index (χ1) is 9.11. The third-order valence-corrected chi connectivity index (χ3v) is 3.48. The highest BCUT2D eigenvalue weighted by molar-refractivity contribution is 5.94. The lowest BCUT2D eigenvalue weighted by Crippen LogP contribution is -2.40. The smallest absolute Gasteiger partial charge is 0.159 e. The topological polar surface area (TPSA) is 29.5 Å². The van der Waals surface area contributed by atoms with E-state index in [1.165, 1.54) is 13.0 Å². The molecule has 0 aliphatic carbocycles. The van der Waals surface area contributed by atoms with Gasteiger partial charge in [0.1, 0.15) is 5.82 Å². The lowest BCUT2D eigenvalue weighted by Gasteiger charge is -2.34. The van der Waals surface area contributed by atoms with Gasteiger partial charge in [-0.05, 0) is 44.9 Å². The molecule has 1 aliphatic rings. The van der Waals surface area contributed by atoms with E-state index < -0.39 is 0 Å². The van der Waals surface area contributed by atoms with Crippen LogP contribution in [0.15, 0.2) is 18.2 Å². The molecule has 1 aromatic rings. The summed E-state index contributed by atoms with van der Waals surface area (Å²) in [6.45, 7) is 5.65. The van der Waals surface area contributed by atoms with Crippen molar-refractivity contribution in [2.75, 3.05) is 24.6 Å². The van der Waals surface area contributed by atoms with Crippen LogP contribution >= 0.6 is 0 Å². The molecule has 1 aliphatic heterocycles. The molecule has 1 atom stereocenters. The number of hydrogen-bond acceptors (Lipinski definition) is 3. The average Bonchev–Trinajstić information content (AvgIpc) is 2.39. The van der Waals surface area contributed by atoms with Crippen LogP contribution < -0.4 is 4.90 Å². The largest absolute Gasteiger partial charge is 0.377 e. The summed E-state index contributed by atoms with van der Waals surface area (Å²) in [6.07, 6.45) is 2.20. The fraction of sp³-hybridized carbons (Fsp3) is 0.533. The molecule has 0 saturated carbocycles. The Labute approximate surface area is 113 Å². The van der Waals surface area contributed by atoms with Crippen LogP contribution in [0.3, 0.4) is 0 Å². The van der Waals surface area contributed by atoms with Gasteiger partial charge in [0.05, 0.1) is 11.8 Å². The average molecular weight is 265 g/mol. The van der Waals surface area contributed by atoms with E-state index in [1.807, 2.05) is 11.8 Å². The van der Waals surface area contributed by atoms with Crippen LogP contribution in [0.5, 0.6) is 0 Å². The van der Waals surface area contributed by atoms with Gasteiger partial charge in [-0.3, -0.25) is 4.79 Å². The van der Waals surface area contributed by atoms with Crippen molar-refractivity contribution in [1.29, 1.82) is 0 Å². The molecule has 1 unspecified atom stereocenters. The fourth-order valence-corrected chi connectivity index (χ4v) is 2.51. The van der Waals surface area contributed by atoms with E-state index in [9.17, 15) is 9.18 Å². The number of Topliss-reactive ketones (excluding diaryl/α,β-unsaturated/α-hetero) is 1. The van der Waals surface area contributed by atoms with Crippen LogP contribution in [0, 0.1) is 5.82 Å². The van der Waals surface area contributed by atoms with Gasteiger partial charge in [0.15, 0.2) is 5.78 Å². The molecule has 0 aromatic heterocycles. The van der Waals surface area contributed by atoms with E-state index >= 15 is 0 Å². The molecular formula is C15H20FNO2. The van der Waals surface area contributed by atoms with Crippen LogP contribution in [-0.4, -0.2) is 31.6 Å². The summed E-state index contributed by atoms with van der Waals surface area (Å²) < 4.78 is 19.7. The van der Waals surface area contributed by atoms with Gasteiger partial charge in [-0.25, -0.2) is 4.39 Å². The summed E-state index contributed by atoms with van der Waals surface area (Å²) in [4.78, 5) is 13.2. The van der Waals surface area contributed by atoms with Crippen LogP contribution in [0.25, 0.3) is 0 Å². The SMILES string of the molecule is CCOC1CCCN(c2ccc(C(C)=O)cc2F)C1. The number of benzene rings is 1. The predicted octanol–water partition coefficient (Wildman–Crippen LogP) is 3.03. The molecule has 0 radical (unpaired) electrons. The molecule has 104 valence electrons. The van der Waals surface area contributed by atoms with Gasteiger partial charge in [-0.1, -0.05) is 0 Å². The number of nitrogens with zero attached hydrogens (tertiary/aromatic N) is 1. The number of piperidine rings is 1. The van der Waals surface area contributed by atoms with Crippen molar-refractivity contribution in [2.24, 2.45) is 0 Å². The summed E-state index contributed by atoms with van der Waals surface area (Å²) in [5.74, 6) is -0.443. The van der Waals surface area contributed by atoms with Crippen molar-refractivity contribution in [2.45, 2.75) is 32.8 Å². The lowest BCUT2D eigenvalue weighted by atomic mass is 10.1. The molecule has 3 nitrogen and oxygen atoms in total. The molecule has 0 N–H and O–H groups in total. The van der Waals surface area contributed by atoms with E-state index in [0.717, 1.165) is 19.4 Å². The number of ketones is 1. The highest BCUT2D eigenvalue weighted by Crippen LogP contribution is 2.25. The number of rotatable bonds is 4. The van der Waals surface area contributed by atoms with Gasteiger partial charge in [-0.2, -0.15) is 0 Å². The number of halogens is 1. The second kappa shape index (κ2) is 6.15. The number of anilines is 1. The van der Waals surface area contributed by atoms with Crippen molar-refractivity contribution in [1.82, 2.24) is 0 Å². The zero-order chi connectivity index (χ0) is 13.8. The number of ether oxygens (including phenoxy) is 1. The maximum absolute atomic E-state index is 14.1. The first-order valence-corrected chi connectivity index (χ1v) is 6.79. The Kier molecular flexibility index (Phi) is 4.53. The molecule has 0 amide bonds. The Morgan fingerprint density at radius 3 is 2.95 bits per heavy atom. The summed E-state index contributed by atoms with van der Waals surface area (Å²) in [6, 6.07) is 4.70. The minimum Gasteiger partial charge on any atom is -0.377 e. The Morgan fingerprint density at radius 2 is 2.32 bits per heavy atom. The number of carbonyl (C=O) groups is 1. The molecule has 1 aromatic carbocycles. The maximum atomic E-state index is 14.1. The molecule has 0 spiro atoms. The predicted molar refractivity (Wildman–Crippen MR) is 73.3 cm³/mol. The Balaban J connectivity index is 2.15. The van der Waals surface area contributed by atoms with Crippen molar-refractivity contribution in [3.8, 4) is 0 Å². The Bertz CT molecular complexity index is 459. The summed E-state index contributed by atoms with van der Waals surface area (Å²) >= 11 is 0. The first-order valence-electron chi connectivity index (χ1n) is 6.79. The molecule has 1 saturated heterocycles. The number of hydrogen-bond donors (Lipinski definition) is 0. The standard InChI is InChI=1S/C15H20FNO2/c1-3-19-13-5-4-8-17(10-13)15-7-6-12(11(2)18)9-14(15)16/h6-7,9,13H,3-5,8,10H2,1-2H3. The molecule has 1 heterocycles. The highest BCUT2D eigenvalue weighted by atomic mass is 19.1. The van der Waals surface area contributed by atoms with Crippen molar-refractivity contribution < 1.29 is 13.9 Å². The quantitative estimate of drug-likeness (QED) is 0.784. The van der Waals surface area contributed by atoms with Gasteiger partial charge in [0.25, 0.3) is 0 Å². The van der Waals surface area contributed by atoms with Gasteiger partial charge in [0, 0.05) is 25.3 Å². The summed E-state index contributed by atoms with van der Waals surface area (Å²) in [5, 5.41) is 0. The molecule has 1 fully saturated rings. The zero-order valence-corrected chi connectivity index (χ0v) is 11.5. The van der Waals surface area contributed by atoms with Gasteiger partial charge in [0.2, 0.25) is 0 Å². The van der Waals surface area contributed by atoms with E-state index in [-0.39, 0.29) is 17.7 Å². The van der Waals surface area contributed by atoms with Crippen LogP contribution in [-0.2, 0) is 4.74 Å². The molecular weight excluding hydrogens is 245 g/mol. The second-order valence-corrected chi connectivity index (χ2v) is 4.89. The van der Waals surface area contributed by atoms with Crippen LogP contribution in [0.1, 0.15) is 37.0 Å². The minimum absolute atomic E-state index is 0.115. The van der Waals surface area contributed by atoms with Gasteiger partial charge >= 0.3 is 0 Å². The minimum atomic E-state index is -0.329. The van der Waals surface area contributed by atoms with E-state index in [1.54, 1.807) is 12.1 Å². The van der Waals surface area contributed by atoms with Crippen molar-refractivity contribution in [3.05, 3.63) is 29.6 Å². The third kappa shape index (κ3) is 3.32. The van der Waals surface area contributed by atoms with Crippen LogP contribution in [0.4, 0.5) is 10.1 Å². The van der Waals surface area contributed by atoms with Gasteiger partial charge < -0.3 is 9.64 Å². The van der Waals surface area contributed by atoms with Crippen molar-refractivity contribution in [3.63, 3.8) is 0 Å². The zero-order valence-electron chi connectivity index (χ0n) is 11.5. The van der Waals surface area contributed by atoms with E-state index in [2.05, 4.69) is 0 Å². The third-order valence-electron chi connectivity index (χ3n) is 3.48. The Hall–Kier alpha value is -1.42. The maximum Gasteiger partial charge on any atom is 0.159 e. The fourth-order valence-electron chi connectivity index (χ4n) is 2.51. The highest BCUT2D eigenvalue weighted by Gasteiger charge is 2.22.